The molecule has 0 fully saturated rings. The Morgan fingerprint density at radius 3 is 1.38 bits per heavy atom. The van der Waals surface area contributed by atoms with Gasteiger partial charge in [-0.3, -0.25) is 9.59 Å². The number of nitrogens with one attached hydrogen (secondary N) is 2. The summed E-state index contributed by atoms with van der Waals surface area (Å²) in [4.78, 5) is 25.2. The first-order valence-corrected chi connectivity index (χ1v) is 13.1. The van der Waals surface area contributed by atoms with Gasteiger partial charge >= 0.3 is 0 Å². The minimum atomic E-state index is -0.688. The maximum absolute atomic E-state index is 12.6. The molecular weight excluding hydrogens is 488 g/mol. The Hall–Kier alpha value is -4.58. The topological polar surface area (TPSA) is 76.7 Å². The van der Waals surface area contributed by atoms with Crippen molar-refractivity contribution in [2.45, 2.75) is 39.0 Å². The highest BCUT2D eigenvalue weighted by molar-refractivity contribution is 5.82. The molecule has 0 bridgehead atoms. The van der Waals surface area contributed by atoms with Crippen LogP contribution >= 0.6 is 0 Å². The maximum atomic E-state index is 12.6. The summed E-state index contributed by atoms with van der Waals surface area (Å²) in [6.07, 6.45) is -1.37. The summed E-state index contributed by atoms with van der Waals surface area (Å²) in [5.41, 5.74) is 4.39. The predicted octanol–water partition coefficient (Wildman–Crippen LogP) is 5.88. The van der Waals surface area contributed by atoms with E-state index in [0.29, 0.717) is 11.5 Å². The van der Waals surface area contributed by atoms with Gasteiger partial charge in [-0.1, -0.05) is 84.9 Å². The Kier molecular flexibility index (Phi) is 9.35. The van der Waals surface area contributed by atoms with Crippen LogP contribution < -0.4 is 20.1 Å². The van der Waals surface area contributed by atoms with E-state index in [1.54, 1.807) is 13.8 Å². The zero-order valence-electron chi connectivity index (χ0n) is 22.5. The molecule has 0 aliphatic heterocycles. The number of rotatable bonds is 11. The third kappa shape index (κ3) is 7.95. The highest BCUT2D eigenvalue weighted by Crippen LogP contribution is 2.24. The van der Waals surface area contributed by atoms with Gasteiger partial charge in [0.05, 0.1) is 0 Å². The molecule has 6 heteroatoms. The molecule has 2 amide bonds. The lowest BCUT2D eigenvalue weighted by Crippen LogP contribution is -2.48. The maximum Gasteiger partial charge on any atom is 0.261 e. The van der Waals surface area contributed by atoms with Crippen LogP contribution in [0.4, 0.5) is 0 Å². The summed E-state index contributed by atoms with van der Waals surface area (Å²) in [7, 11) is 0. The Bertz CT molecular complexity index is 1340. The van der Waals surface area contributed by atoms with Gasteiger partial charge in [-0.25, -0.2) is 0 Å². The fraction of sp³-hybridized carbons (Fsp3) is 0.212. The Labute approximate surface area is 230 Å². The molecule has 39 heavy (non-hydrogen) atoms. The molecule has 0 radical (unpaired) electrons. The van der Waals surface area contributed by atoms with Crippen molar-refractivity contribution in [3.05, 3.63) is 109 Å². The number of benzene rings is 4. The molecule has 4 aromatic rings. The van der Waals surface area contributed by atoms with E-state index in [-0.39, 0.29) is 24.4 Å². The van der Waals surface area contributed by atoms with Crippen LogP contribution in [0.25, 0.3) is 22.3 Å². The van der Waals surface area contributed by atoms with Crippen molar-refractivity contribution in [2.24, 2.45) is 0 Å². The second-order valence-corrected chi connectivity index (χ2v) is 9.46. The first-order valence-electron chi connectivity index (χ1n) is 13.1. The largest absolute Gasteiger partial charge is 0.481 e. The van der Waals surface area contributed by atoms with Crippen LogP contribution in [0.5, 0.6) is 11.5 Å². The number of amides is 2. The minimum absolute atomic E-state index is 0.258. The zero-order chi connectivity index (χ0) is 27.6. The third-order valence-corrected chi connectivity index (χ3v) is 6.26. The van der Waals surface area contributed by atoms with E-state index in [0.717, 1.165) is 22.3 Å². The van der Waals surface area contributed by atoms with Gasteiger partial charge < -0.3 is 20.1 Å². The predicted molar refractivity (Wildman–Crippen MR) is 155 cm³/mol. The molecule has 0 aromatic heterocycles. The van der Waals surface area contributed by atoms with Gasteiger partial charge in [0.15, 0.2) is 12.2 Å². The Morgan fingerprint density at radius 1 is 0.564 bits per heavy atom. The van der Waals surface area contributed by atoms with Gasteiger partial charge in [0, 0.05) is 12.6 Å². The fourth-order valence-electron chi connectivity index (χ4n) is 4.04. The van der Waals surface area contributed by atoms with E-state index in [9.17, 15) is 9.59 Å². The van der Waals surface area contributed by atoms with Crippen LogP contribution in [-0.4, -0.2) is 36.6 Å². The number of carbonyl (C=O) groups is 2. The smallest absolute Gasteiger partial charge is 0.261 e. The SMILES string of the molecule is CC(CNC(=O)C(C)Oc1ccc(-c2ccccc2)cc1)NC(=O)C(C)Oc1ccc(-c2ccccc2)cc1. The molecule has 3 unspecified atom stereocenters. The van der Waals surface area contributed by atoms with E-state index in [4.69, 9.17) is 9.47 Å². The van der Waals surface area contributed by atoms with E-state index in [2.05, 4.69) is 10.6 Å². The van der Waals surface area contributed by atoms with Crippen LogP contribution in [-0.2, 0) is 9.59 Å². The van der Waals surface area contributed by atoms with E-state index >= 15 is 0 Å². The first-order chi connectivity index (χ1) is 18.9. The number of hydrogen-bond donors (Lipinski definition) is 2. The summed E-state index contributed by atoms with van der Waals surface area (Å²) in [6, 6.07) is 35.1. The van der Waals surface area contributed by atoms with Crippen LogP contribution in [0.3, 0.4) is 0 Å². The third-order valence-electron chi connectivity index (χ3n) is 6.26. The van der Waals surface area contributed by atoms with Crippen LogP contribution in [0.1, 0.15) is 20.8 Å². The van der Waals surface area contributed by atoms with Crippen LogP contribution in [0.15, 0.2) is 109 Å². The standard InChI is InChI=1S/C33H34N2O4/c1-23(35-33(37)25(3)39-31-20-16-29(17-21-31)27-12-8-5-9-13-27)22-34-32(36)24(2)38-30-18-14-28(15-19-30)26-10-6-4-7-11-26/h4-21,23-25H,22H2,1-3H3,(H,34,36)(H,35,37). The molecule has 3 atom stereocenters. The van der Waals surface area contributed by atoms with Gasteiger partial charge in [0.2, 0.25) is 0 Å². The average molecular weight is 523 g/mol. The van der Waals surface area contributed by atoms with Gasteiger partial charge in [0.25, 0.3) is 11.8 Å². The van der Waals surface area contributed by atoms with Crippen molar-refractivity contribution in [1.29, 1.82) is 0 Å². The van der Waals surface area contributed by atoms with Gasteiger partial charge in [-0.15, -0.1) is 0 Å². The number of carbonyl (C=O) groups excluding carboxylic acids is 2. The lowest BCUT2D eigenvalue weighted by Gasteiger charge is -2.20. The van der Waals surface area contributed by atoms with Crippen molar-refractivity contribution < 1.29 is 19.1 Å². The Balaban J connectivity index is 1.19. The second-order valence-electron chi connectivity index (χ2n) is 9.46. The minimum Gasteiger partial charge on any atom is -0.481 e. The van der Waals surface area contributed by atoms with E-state index in [1.165, 1.54) is 0 Å². The van der Waals surface area contributed by atoms with Gasteiger partial charge in [0.1, 0.15) is 11.5 Å². The van der Waals surface area contributed by atoms with Gasteiger partial charge in [-0.05, 0) is 67.3 Å². The van der Waals surface area contributed by atoms with E-state index in [1.807, 2.05) is 116 Å². The van der Waals surface area contributed by atoms with Crippen molar-refractivity contribution in [3.63, 3.8) is 0 Å². The number of hydrogen-bond acceptors (Lipinski definition) is 4. The number of ether oxygens (including phenoxy) is 2. The average Bonchev–Trinajstić information content (AvgIpc) is 2.97. The molecule has 0 saturated carbocycles. The summed E-state index contributed by atoms with van der Waals surface area (Å²) in [6.45, 7) is 5.49. The highest BCUT2D eigenvalue weighted by atomic mass is 16.5. The molecule has 0 aliphatic rings. The normalized spacial score (nSPS) is 13.0. The molecule has 4 aromatic carbocycles. The molecular formula is C33H34N2O4. The molecule has 0 spiro atoms. The zero-order valence-corrected chi connectivity index (χ0v) is 22.5. The van der Waals surface area contributed by atoms with Crippen LogP contribution in [0, 0.1) is 0 Å². The van der Waals surface area contributed by atoms with Crippen LogP contribution in [0.2, 0.25) is 0 Å². The monoisotopic (exact) mass is 522 g/mol. The highest BCUT2D eigenvalue weighted by Gasteiger charge is 2.19. The Morgan fingerprint density at radius 2 is 0.949 bits per heavy atom. The molecule has 0 saturated heterocycles. The summed E-state index contributed by atoms with van der Waals surface area (Å²) < 4.78 is 11.6. The molecule has 200 valence electrons. The van der Waals surface area contributed by atoms with Crippen molar-refractivity contribution in [2.75, 3.05) is 6.54 Å². The summed E-state index contributed by atoms with van der Waals surface area (Å²) >= 11 is 0. The summed E-state index contributed by atoms with van der Waals surface area (Å²) in [5.74, 6) is 0.709. The molecule has 0 aliphatic carbocycles. The quantitative estimate of drug-likeness (QED) is 0.258. The first kappa shape index (κ1) is 27.5. The summed E-state index contributed by atoms with van der Waals surface area (Å²) in [5, 5.41) is 5.72. The van der Waals surface area contributed by atoms with E-state index < -0.39 is 12.2 Å². The lowest BCUT2D eigenvalue weighted by atomic mass is 10.1. The van der Waals surface area contributed by atoms with Gasteiger partial charge in [-0.2, -0.15) is 0 Å². The molecule has 0 heterocycles. The van der Waals surface area contributed by atoms with Crippen molar-refractivity contribution >= 4 is 11.8 Å². The molecule has 6 nitrogen and oxygen atoms in total. The van der Waals surface area contributed by atoms with Crippen molar-refractivity contribution in [1.82, 2.24) is 10.6 Å². The molecule has 2 N–H and O–H groups in total. The molecule has 4 rings (SSSR count). The van der Waals surface area contributed by atoms with Crippen molar-refractivity contribution in [3.8, 4) is 33.8 Å². The lowest BCUT2D eigenvalue weighted by molar-refractivity contribution is -0.129. The second kappa shape index (κ2) is 13.3. The fourth-order valence-corrected chi connectivity index (χ4v) is 4.04.